The Morgan fingerprint density at radius 3 is 2.50 bits per heavy atom. The number of aryl methyl sites for hydroxylation is 1. The largest absolute Gasteiger partial charge is 0.506 e. The van der Waals surface area contributed by atoms with Gasteiger partial charge in [-0.2, -0.15) is 0 Å². The first-order valence-corrected chi connectivity index (χ1v) is 6.79. The maximum absolute atomic E-state index is 9.80. The average molecular weight is 249 g/mol. The van der Waals surface area contributed by atoms with Gasteiger partial charge in [0.15, 0.2) is 0 Å². The van der Waals surface area contributed by atoms with Crippen molar-refractivity contribution in [3.05, 3.63) is 23.5 Å². The number of nitrogens with zero attached hydrogens (tertiary/aromatic N) is 3. The van der Waals surface area contributed by atoms with E-state index in [1.165, 1.54) is 13.0 Å². The lowest BCUT2D eigenvalue weighted by Crippen LogP contribution is -2.46. The number of hydrogen-bond acceptors (Lipinski definition) is 4. The van der Waals surface area contributed by atoms with Crippen LogP contribution in [0, 0.1) is 6.92 Å². The lowest BCUT2D eigenvalue weighted by molar-refractivity contribution is 0.125. The molecule has 1 aliphatic rings. The highest BCUT2D eigenvalue weighted by molar-refractivity contribution is 5.27. The van der Waals surface area contributed by atoms with Gasteiger partial charge in [-0.3, -0.25) is 9.88 Å². The van der Waals surface area contributed by atoms with Gasteiger partial charge in [0.1, 0.15) is 5.75 Å². The van der Waals surface area contributed by atoms with E-state index in [9.17, 15) is 5.11 Å². The molecule has 0 unspecified atom stereocenters. The Morgan fingerprint density at radius 2 is 1.83 bits per heavy atom. The van der Waals surface area contributed by atoms with Gasteiger partial charge in [-0.1, -0.05) is 6.92 Å². The highest BCUT2D eigenvalue weighted by atomic mass is 16.3. The molecule has 2 rings (SSSR count). The third-order valence-corrected chi connectivity index (χ3v) is 3.47. The van der Waals surface area contributed by atoms with E-state index in [1.54, 1.807) is 6.07 Å². The molecule has 2 heterocycles. The molecule has 4 heteroatoms. The lowest BCUT2D eigenvalue weighted by atomic mass is 10.2. The van der Waals surface area contributed by atoms with Crippen LogP contribution in [0.1, 0.15) is 24.7 Å². The number of hydrogen-bond donors (Lipinski definition) is 1. The average Bonchev–Trinajstić information content (AvgIpc) is 2.37. The smallest absolute Gasteiger partial charge is 0.138 e. The summed E-state index contributed by atoms with van der Waals surface area (Å²) in [4.78, 5) is 9.29. The molecule has 1 saturated heterocycles. The minimum absolute atomic E-state index is 0.316. The highest BCUT2D eigenvalue weighted by Crippen LogP contribution is 2.17. The molecule has 0 aromatic carbocycles. The van der Waals surface area contributed by atoms with Crippen LogP contribution in [0.2, 0.25) is 0 Å². The molecule has 1 aliphatic heterocycles. The van der Waals surface area contributed by atoms with E-state index in [-0.39, 0.29) is 0 Å². The summed E-state index contributed by atoms with van der Waals surface area (Å²) in [6.45, 7) is 10.5. The molecule has 0 saturated carbocycles. The van der Waals surface area contributed by atoms with Gasteiger partial charge >= 0.3 is 0 Å². The van der Waals surface area contributed by atoms with Crippen LogP contribution in [-0.4, -0.2) is 52.6 Å². The number of rotatable bonds is 4. The maximum atomic E-state index is 9.80. The van der Waals surface area contributed by atoms with Crippen LogP contribution in [0.5, 0.6) is 5.75 Å². The first-order valence-electron chi connectivity index (χ1n) is 6.79. The zero-order valence-corrected chi connectivity index (χ0v) is 11.4. The Kier molecular flexibility index (Phi) is 4.55. The highest BCUT2D eigenvalue weighted by Gasteiger charge is 2.17. The van der Waals surface area contributed by atoms with Crippen molar-refractivity contribution in [2.75, 3.05) is 32.7 Å². The Balaban J connectivity index is 1.89. The molecule has 4 nitrogen and oxygen atoms in total. The molecular weight excluding hydrogens is 226 g/mol. The molecule has 0 aliphatic carbocycles. The normalized spacial score (nSPS) is 18.1. The van der Waals surface area contributed by atoms with Crippen LogP contribution in [0.4, 0.5) is 0 Å². The molecular formula is C14H23N3O. The Hall–Kier alpha value is -1.13. The fraction of sp³-hybridized carbons (Fsp3) is 0.643. The van der Waals surface area contributed by atoms with Gasteiger partial charge in [0, 0.05) is 38.4 Å². The van der Waals surface area contributed by atoms with Gasteiger partial charge in [-0.15, -0.1) is 0 Å². The Bertz CT molecular complexity index is 387. The summed E-state index contributed by atoms with van der Waals surface area (Å²) < 4.78 is 0. The number of aromatic hydroxyl groups is 1. The fourth-order valence-electron chi connectivity index (χ4n) is 2.42. The van der Waals surface area contributed by atoms with Crippen molar-refractivity contribution in [3.8, 4) is 5.75 Å². The molecule has 0 atom stereocenters. The molecule has 0 radical (unpaired) electrons. The molecule has 0 bridgehead atoms. The molecule has 1 N–H and O–H groups in total. The zero-order valence-electron chi connectivity index (χ0n) is 11.4. The van der Waals surface area contributed by atoms with Crippen molar-refractivity contribution in [1.29, 1.82) is 0 Å². The molecule has 1 fully saturated rings. The number of aromatic nitrogens is 1. The van der Waals surface area contributed by atoms with E-state index in [2.05, 4.69) is 21.7 Å². The van der Waals surface area contributed by atoms with Gasteiger partial charge in [0.05, 0.1) is 5.69 Å². The SMILES string of the molecule is CCCN1CCN(Cc2nc(C)ccc2O)CC1. The van der Waals surface area contributed by atoms with Crippen LogP contribution in [0.15, 0.2) is 12.1 Å². The quantitative estimate of drug-likeness (QED) is 0.880. The fourth-order valence-corrected chi connectivity index (χ4v) is 2.42. The summed E-state index contributed by atoms with van der Waals surface area (Å²) in [5, 5.41) is 9.80. The van der Waals surface area contributed by atoms with Crippen molar-refractivity contribution in [2.24, 2.45) is 0 Å². The second kappa shape index (κ2) is 6.16. The predicted octanol–water partition coefficient (Wildman–Crippen LogP) is 1.62. The minimum Gasteiger partial charge on any atom is -0.506 e. The van der Waals surface area contributed by atoms with Crippen LogP contribution >= 0.6 is 0 Å². The van der Waals surface area contributed by atoms with Crippen molar-refractivity contribution < 1.29 is 5.11 Å². The summed E-state index contributed by atoms with van der Waals surface area (Å²) in [6.07, 6.45) is 1.22. The molecule has 18 heavy (non-hydrogen) atoms. The maximum Gasteiger partial charge on any atom is 0.138 e. The third-order valence-electron chi connectivity index (χ3n) is 3.47. The van der Waals surface area contributed by atoms with Crippen molar-refractivity contribution in [2.45, 2.75) is 26.8 Å². The van der Waals surface area contributed by atoms with E-state index < -0.39 is 0 Å². The minimum atomic E-state index is 0.316. The summed E-state index contributed by atoms with van der Waals surface area (Å²) in [5.41, 5.74) is 1.77. The van der Waals surface area contributed by atoms with Crippen LogP contribution in [0.25, 0.3) is 0 Å². The van der Waals surface area contributed by atoms with E-state index in [0.29, 0.717) is 5.75 Å². The monoisotopic (exact) mass is 249 g/mol. The summed E-state index contributed by atoms with van der Waals surface area (Å²) in [5.74, 6) is 0.316. The molecule has 1 aromatic heterocycles. The van der Waals surface area contributed by atoms with Gasteiger partial charge in [0.2, 0.25) is 0 Å². The third kappa shape index (κ3) is 3.43. The zero-order chi connectivity index (χ0) is 13.0. The van der Waals surface area contributed by atoms with Crippen LogP contribution in [-0.2, 0) is 6.54 Å². The van der Waals surface area contributed by atoms with Crippen molar-refractivity contribution in [3.63, 3.8) is 0 Å². The van der Waals surface area contributed by atoms with E-state index >= 15 is 0 Å². The second-order valence-corrected chi connectivity index (χ2v) is 5.04. The number of pyridine rings is 1. The molecule has 0 spiro atoms. The van der Waals surface area contributed by atoms with Crippen molar-refractivity contribution in [1.82, 2.24) is 14.8 Å². The van der Waals surface area contributed by atoms with Gasteiger partial charge in [-0.25, -0.2) is 0 Å². The number of piperazine rings is 1. The molecule has 0 amide bonds. The standard InChI is InChI=1S/C14H23N3O/c1-3-6-16-7-9-17(10-8-16)11-13-14(18)5-4-12(2)15-13/h4-5,18H,3,6-11H2,1-2H3. The first-order chi connectivity index (χ1) is 8.69. The van der Waals surface area contributed by atoms with Gasteiger partial charge in [0.25, 0.3) is 0 Å². The topological polar surface area (TPSA) is 39.6 Å². The van der Waals surface area contributed by atoms with Gasteiger partial charge in [-0.05, 0) is 32.0 Å². The second-order valence-electron chi connectivity index (χ2n) is 5.04. The Morgan fingerprint density at radius 1 is 1.17 bits per heavy atom. The molecule has 100 valence electrons. The van der Waals surface area contributed by atoms with Crippen LogP contribution in [0.3, 0.4) is 0 Å². The molecule has 1 aromatic rings. The lowest BCUT2D eigenvalue weighted by Gasteiger charge is -2.34. The van der Waals surface area contributed by atoms with Gasteiger partial charge < -0.3 is 10.0 Å². The Labute approximate surface area is 109 Å². The summed E-state index contributed by atoms with van der Waals surface area (Å²) in [7, 11) is 0. The van der Waals surface area contributed by atoms with E-state index in [1.807, 2.05) is 13.0 Å². The first kappa shape index (κ1) is 13.3. The summed E-state index contributed by atoms with van der Waals surface area (Å²) >= 11 is 0. The van der Waals surface area contributed by atoms with E-state index in [0.717, 1.165) is 44.1 Å². The van der Waals surface area contributed by atoms with E-state index in [4.69, 9.17) is 0 Å². The van der Waals surface area contributed by atoms with Crippen LogP contribution < -0.4 is 0 Å². The predicted molar refractivity (Wildman–Crippen MR) is 72.6 cm³/mol. The summed E-state index contributed by atoms with van der Waals surface area (Å²) in [6, 6.07) is 3.59. The van der Waals surface area contributed by atoms with Crippen molar-refractivity contribution >= 4 is 0 Å².